The average molecular weight is 304 g/mol. The van der Waals surface area contributed by atoms with Crippen LogP contribution in [0.3, 0.4) is 0 Å². The maximum absolute atomic E-state index is 10.1. The molecule has 0 atom stereocenters. The van der Waals surface area contributed by atoms with Gasteiger partial charge in [-0.25, -0.2) is 9.59 Å². The van der Waals surface area contributed by atoms with Gasteiger partial charge in [0.05, 0.1) is 13.7 Å². The highest BCUT2D eigenvalue weighted by molar-refractivity contribution is 5.81. The number of esters is 2. The van der Waals surface area contributed by atoms with Crippen LogP contribution < -0.4 is 0 Å². The number of carbonyl (C=O) groups excluding carboxylic acids is 2. The smallest absolute Gasteiger partial charge is 0.330 e. The number of benzene rings is 1. The third-order valence-electron chi connectivity index (χ3n) is 2.09. The molecule has 0 aliphatic rings. The quantitative estimate of drug-likeness (QED) is 0.627. The molecule has 1 aromatic rings. The molecule has 0 saturated heterocycles. The number of carbonyl (C=O) groups is 2. The first kappa shape index (κ1) is 21.7. The molecule has 1 rings (SSSR count). The van der Waals surface area contributed by atoms with E-state index < -0.39 is 5.97 Å². The Balaban J connectivity index is 0. The second kappa shape index (κ2) is 14.8. The minimum atomic E-state index is -0.394. The van der Waals surface area contributed by atoms with E-state index in [1.54, 1.807) is 6.92 Å². The van der Waals surface area contributed by atoms with Gasteiger partial charge in [-0.3, -0.25) is 0 Å². The van der Waals surface area contributed by atoms with Crippen molar-refractivity contribution in [3.63, 3.8) is 0 Å². The predicted octanol–water partition coefficient (Wildman–Crippen LogP) is 3.80. The van der Waals surface area contributed by atoms with Crippen molar-refractivity contribution in [2.75, 3.05) is 13.7 Å². The first-order chi connectivity index (χ1) is 10.4. The summed E-state index contributed by atoms with van der Waals surface area (Å²) in [6.45, 7) is 14.4. The first-order valence-corrected chi connectivity index (χ1v) is 6.63. The Bertz CT molecular complexity index is 475. The summed E-state index contributed by atoms with van der Waals surface area (Å²) in [6.07, 6.45) is 2.25. The molecule has 0 radical (unpaired) electrons. The van der Waals surface area contributed by atoms with E-state index in [9.17, 15) is 9.59 Å². The predicted molar refractivity (Wildman–Crippen MR) is 90.2 cm³/mol. The molecule has 0 amide bonds. The lowest BCUT2D eigenvalue weighted by Gasteiger charge is -1.94. The van der Waals surface area contributed by atoms with E-state index in [1.807, 2.05) is 25.1 Å². The van der Waals surface area contributed by atoms with Crippen LogP contribution in [0.25, 0.3) is 5.57 Å². The molecular formula is C18H24O4. The maximum Gasteiger partial charge on any atom is 0.330 e. The van der Waals surface area contributed by atoms with E-state index in [0.29, 0.717) is 6.61 Å². The van der Waals surface area contributed by atoms with Crippen molar-refractivity contribution in [1.82, 2.24) is 0 Å². The summed E-state index contributed by atoms with van der Waals surface area (Å²) in [5.41, 5.74) is 2.34. The van der Waals surface area contributed by atoms with E-state index in [4.69, 9.17) is 0 Å². The van der Waals surface area contributed by atoms with Gasteiger partial charge < -0.3 is 9.47 Å². The molecule has 0 N–H and O–H groups in total. The van der Waals surface area contributed by atoms with E-state index in [1.165, 1.54) is 12.7 Å². The molecule has 0 unspecified atom stereocenters. The third kappa shape index (κ3) is 13.8. The molecule has 0 aliphatic carbocycles. The van der Waals surface area contributed by atoms with E-state index in [2.05, 4.69) is 41.3 Å². The van der Waals surface area contributed by atoms with Gasteiger partial charge >= 0.3 is 11.9 Å². The average Bonchev–Trinajstić information content (AvgIpc) is 2.56. The molecule has 0 fully saturated rings. The zero-order chi connectivity index (χ0) is 17.4. The van der Waals surface area contributed by atoms with Gasteiger partial charge in [-0.2, -0.15) is 0 Å². The number of methoxy groups -OCH3 is 1. The molecular weight excluding hydrogens is 280 g/mol. The minimum absolute atomic E-state index is 0.359. The number of allylic oxidation sites excluding steroid dienone is 1. The Labute approximate surface area is 132 Å². The SMILES string of the molecule is C=C(C)c1ccccc1.C=CC(=O)OC.C=CC(=O)OCC. The lowest BCUT2D eigenvalue weighted by atomic mass is 10.1. The largest absolute Gasteiger partial charge is 0.466 e. The molecule has 4 heteroatoms. The van der Waals surface area contributed by atoms with Crippen molar-refractivity contribution >= 4 is 17.5 Å². The zero-order valence-corrected chi connectivity index (χ0v) is 13.5. The topological polar surface area (TPSA) is 52.6 Å². The van der Waals surface area contributed by atoms with Crippen molar-refractivity contribution in [2.45, 2.75) is 13.8 Å². The fourth-order valence-corrected chi connectivity index (χ4v) is 1.01. The molecule has 1 aromatic carbocycles. The number of hydrogen-bond donors (Lipinski definition) is 0. The normalized spacial score (nSPS) is 7.95. The highest BCUT2D eigenvalue weighted by Crippen LogP contribution is 2.08. The fraction of sp³-hybridized carbons (Fsp3) is 0.222. The Morgan fingerprint density at radius 3 is 1.77 bits per heavy atom. The summed E-state index contributed by atoms with van der Waals surface area (Å²) in [6, 6.07) is 10.2. The molecule has 120 valence electrons. The van der Waals surface area contributed by atoms with E-state index in [-0.39, 0.29) is 5.97 Å². The van der Waals surface area contributed by atoms with Crippen molar-refractivity contribution < 1.29 is 19.1 Å². The monoisotopic (exact) mass is 304 g/mol. The van der Waals surface area contributed by atoms with Crippen molar-refractivity contribution in [3.8, 4) is 0 Å². The lowest BCUT2D eigenvalue weighted by molar-refractivity contribution is -0.137. The van der Waals surface area contributed by atoms with Gasteiger partial charge in [-0.05, 0) is 19.4 Å². The zero-order valence-electron chi connectivity index (χ0n) is 13.5. The molecule has 0 heterocycles. The summed E-state index contributed by atoms with van der Waals surface area (Å²) < 4.78 is 8.58. The van der Waals surface area contributed by atoms with Crippen LogP contribution in [0.2, 0.25) is 0 Å². The van der Waals surface area contributed by atoms with Gasteiger partial charge in [0.25, 0.3) is 0 Å². The summed E-state index contributed by atoms with van der Waals surface area (Å²) >= 11 is 0. The van der Waals surface area contributed by atoms with Gasteiger partial charge in [0.15, 0.2) is 0 Å². The molecule has 22 heavy (non-hydrogen) atoms. The Hall–Kier alpha value is -2.62. The van der Waals surface area contributed by atoms with Crippen LogP contribution >= 0.6 is 0 Å². The molecule has 4 nitrogen and oxygen atoms in total. The van der Waals surface area contributed by atoms with Crippen LogP contribution in [0.1, 0.15) is 19.4 Å². The maximum atomic E-state index is 10.1. The third-order valence-corrected chi connectivity index (χ3v) is 2.09. The highest BCUT2D eigenvalue weighted by Gasteiger charge is 1.87. The van der Waals surface area contributed by atoms with Crippen LogP contribution in [0.4, 0.5) is 0 Å². The summed E-state index contributed by atoms with van der Waals surface area (Å²) in [5, 5.41) is 0. The van der Waals surface area contributed by atoms with Crippen LogP contribution in [0.15, 0.2) is 62.2 Å². The van der Waals surface area contributed by atoms with Crippen molar-refractivity contribution in [3.05, 3.63) is 67.8 Å². The van der Waals surface area contributed by atoms with E-state index >= 15 is 0 Å². The second-order valence-corrected chi connectivity index (χ2v) is 3.83. The van der Waals surface area contributed by atoms with Crippen LogP contribution in [-0.2, 0) is 19.1 Å². The van der Waals surface area contributed by atoms with E-state index in [0.717, 1.165) is 17.7 Å². The number of ether oxygens (including phenoxy) is 2. The standard InChI is InChI=1S/C9H10.C5H8O2.C4H6O2/c1-8(2)9-6-4-3-5-7-9;1-3-5(6)7-4-2;1-3-4(5)6-2/h3-7H,1H2,2H3;3H,1,4H2,2H3;3H,1H2,2H3. The minimum Gasteiger partial charge on any atom is -0.466 e. The number of rotatable bonds is 4. The first-order valence-electron chi connectivity index (χ1n) is 6.63. The van der Waals surface area contributed by atoms with Gasteiger partial charge in [0.1, 0.15) is 0 Å². The molecule has 0 spiro atoms. The van der Waals surface area contributed by atoms with Gasteiger partial charge in [0, 0.05) is 12.2 Å². The summed E-state index contributed by atoms with van der Waals surface area (Å²) in [4.78, 5) is 19.9. The Kier molecular flexibility index (Phi) is 14.6. The van der Waals surface area contributed by atoms with Gasteiger partial charge in [-0.15, -0.1) is 0 Å². The molecule has 0 saturated carbocycles. The van der Waals surface area contributed by atoms with Gasteiger partial charge in [0.2, 0.25) is 0 Å². The second-order valence-electron chi connectivity index (χ2n) is 3.83. The Morgan fingerprint density at radius 2 is 1.59 bits per heavy atom. The van der Waals surface area contributed by atoms with Crippen LogP contribution in [0.5, 0.6) is 0 Å². The Morgan fingerprint density at radius 1 is 1.09 bits per heavy atom. The summed E-state index contributed by atoms with van der Waals surface area (Å²) in [5.74, 6) is -0.752. The van der Waals surface area contributed by atoms with Gasteiger partial charge in [-0.1, -0.05) is 55.6 Å². The summed E-state index contributed by atoms with van der Waals surface area (Å²) in [7, 11) is 1.31. The molecule has 0 aromatic heterocycles. The van der Waals surface area contributed by atoms with Crippen LogP contribution in [-0.4, -0.2) is 25.7 Å². The fourth-order valence-electron chi connectivity index (χ4n) is 1.01. The highest BCUT2D eigenvalue weighted by atomic mass is 16.5. The molecule has 0 bridgehead atoms. The van der Waals surface area contributed by atoms with Crippen molar-refractivity contribution in [2.24, 2.45) is 0 Å². The lowest BCUT2D eigenvalue weighted by Crippen LogP contribution is -1.97. The van der Waals surface area contributed by atoms with Crippen molar-refractivity contribution in [1.29, 1.82) is 0 Å². The number of hydrogen-bond acceptors (Lipinski definition) is 4. The molecule has 0 aliphatic heterocycles. The van der Waals surface area contributed by atoms with Crippen LogP contribution in [0, 0.1) is 0 Å².